The fourth-order valence-electron chi connectivity index (χ4n) is 1.33. The van der Waals surface area contributed by atoms with Crippen molar-refractivity contribution in [2.24, 2.45) is 0 Å². The van der Waals surface area contributed by atoms with Crippen molar-refractivity contribution in [3.05, 3.63) is 29.8 Å². The van der Waals surface area contributed by atoms with Gasteiger partial charge in [-0.2, -0.15) is 9.98 Å². The van der Waals surface area contributed by atoms with E-state index in [4.69, 9.17) is 10.00 Å². The van der Waals surface area contributed by atoms with Gasteiger partial charge in [-0.25, -0.2) is 8.42 Å². The summed E-state index contributed by atoms with van der Waals surface area (Å²) in [5.41, 5.74) is 0.559. The number of hydrogen-bond donors (Lipinski definition) is 1. The number of nitriles is 1. The molecule has 0 spiro atoms. The fraction of sp³-hybridized carbons (Fsp3) is 0.364. The molecule has 1 N–H and O–H groups in total. The summed E-state index contributed by atoms with van der Waals surface area (Å²) in [6, 6.07) is 7.79. The van der Waals surface area contributed by atoms with Gasteiger partial charge in [0.2, 0.25) is 10.0 Å². The molecule has 1 unspecified atom stereocenters. The van der Waals surface area contributed by atoms with E-state index in [9.17, 15) is 8.42 Å². The Morgan fingerprint density at radius 2 is 2.24 bits per heavy atom. The Bertz CT molecular complexity index is 520. The van der Waals surface area contributed by atoms with E-state index in [0.29, 0.717) is 17.9 Å². The highest BCUT2D eigenvalue weighted by Crippen LogP contribution is 2.19. The molecule has 0 aliphatic rings. The van der Waals surface area contributed by atoms with E-state index in [1.807, 2.05) is 13.0 Å². The minimum atomic E-state index is -3.42. The molecular weight excluding hydrogens is 240 g/mol. The lowest BCUT2D eigenvalue weighted by molar-refractivity contribution is 0.340. The third-order valence-electron chi connectivity index (χ3n) is 1.96. The van der Waals surface area contributed by atoms with Crippen LogP contribution in [0.3, 0.4) is 0 Å². The van der Waals surface area contributed by atoms with E-state index < -0.39 is 16.1 Å². The molecule has 0 bridgehead atoms. The van der Waals surface area contributed by atoms with Gasteiger partial charge in [-0.15, -0.1) is 0 Å². The first kappa shape index (κ1) is 13.5. The second kappa shape index (κ2) is 5.66. The Balaban J connectivity index is 2.97. The Hall–Kier alpha value is -1.58. The number of nitrogens with one attached hydrogen (secondary N) is 1. The molecule has 0 aliphatic carbocycles. The highest BCUT2D eigenvalue weighted by atomic mass is 32.2. The van der Waals surface area contributed by atoms with Crippen LogP contribution in [0, 0.1) is 11.3 Å². The van der Waals surface area contributed by atoms with E-state index in [1.165, 1.54) is 0 Å². The summed E-state index contributed by atoms with van der Waals surface area (Å²) in [5.74, 6) is 0.612. The lowest BCUT2D eigenvalue weighted by atomic mass is 10.1. The standard InChI is InChI=1S/C11H14N2O3S/c1-3-16-10-6-4-5-9(7-10)11(8-12)13-17(2,14)15/h4-7,11,13H,3H2,1-2H3. The van der Waals surface area contributed by atoms with Gasteiger partial charge in [-0.05, 0) is 24.6 Å². The smallest absolute Gasteiger partial charge is 0.210 e. The quantitative estimate of drug-likeness (QED) is 0.856. The summed E-state index contributed by atoms with van der Waals surface area (Å²) in [4.78, 5) is 0. The van der Waals surface area contributed by atoms with Gasteiger partial charge in [0.05, 0.1) is 18.9 Å². The van der Waals surface area contributed by atoms with Crippen LogP contribution in [0.25, 0.3) is 0 Å². The monoisotopic (exact) mass is 254 g/mol. The highest BCUT2D eigenvalue weighted by Gasteiger charge is 2.15. The van der Waals surface area contributed by atoms with E-state index in [2.05, 4.69) is 4.72 Å². The molecule has 92 valence electrons. The predicted molar refractivity (Wildman–Crippen MR) is 63.9 cm³/mol. The Morgan fingerprint density at radius 1 is 1.53 bits per heavy atom. The summed E-state index contributed by atoms with van der Waals surface area (Å²) in [6.07, 6.45) is 1.02. The molecule has 0 radical (unpaired) electrons. The van der Waals surface area contributed by atoms with Crippen molar-refractivity contribution in [3.63, 3.8) is 0 Å². The molecule has 5 nitrogen and oxygen atoms in total. The summed E-state index contributed by atoms with van der Waals surface area (Å²) in [6.45, 7) is 2.36. The number of sulfonamides is 1. The molecule has 0 saturated heterocycles. The fourth-order valence-corrected chi connectivity index (χ4v) is 1.95. The number of rotatable bonds is 5. The summed E-state index contributed by atoms with van der Waals surface area (Å²) < 4.78 is 29.7. The lowest BCUT2D eigenvalue weighted by Gasteiger charge is -2.11. The van der Waals surface area contributed by atoms with Gasteiger partial charge in [0.1, 0.15) is 11.8 Å². The van der Waals surface area contributed by atoms with Crippen LogP contribution in [0.15, 0.2) is 24.3 Å². The normalized spacial score (nSPS) is 12.8. The lowest BCUT2D eigenvalue weighted by Crippen LogP contribution is -2.26. The Morgan fingerprint density at radius 3 is 2.76 bits per heavy atom. The van der Waals surface area contributed by atoms with Gasteiger partial charge in [0, 0.05) is 0 Å². The third kappa shape index (κ3) is 4.43. The van der Waals surface area contributed by atoms with Gasteiger partial charge < -0.3 is 4.74 Å². The molecular formula is C11H14N2O3S. The van der Waals surface area contributed by atoms with Crippen molar-refractivity contribution in [1.82, 2.24) is 4.72 Å². The van der Waals surface area contributed by atoms with Crippen LogP contribution < -0.4 is 9.46 Å². The second-order valence-corrected chi connectivity index (χ2v) is 5.24. The van der Waals surface area contributed by atoms with Crippen molar-refractivity contribution in [1.29, 1.82) is 5.26 Å². The number of benzene rings is 1. The van der Waals surface area contributed by atoms with E-state index >= 15 is 0 Å². The molecule has 0 aliphatic heterocycles. The van der Waals surface area contributed by atoms with Crippen molar-refractivity contribution < 1.29 is 13.2 Å². The van der Waals surface area contributed by atoms with Crippen LogP contribution in [0.4, 0.5) is 0 Å². The largest absolute Gasteiger partial charge is 0.494 e. The highest BCUT2D eigenvalue weighted by molar-refractivity contribution is 7.88. The number of nitrogens with zero attached hydrogens (tertiary/aromatic N) is 1. The van der Waals surface area contributed by atoms with Crippen LogP contribution in [0.1, 0.15) is 18.5 Å². The Labute approximate surface area is 101 Å². The molecule has 1 rings (SSSR count). The summed E-state index contributed by atoms with van der Waals surface area (Å²) >= 11 is 0. The molecule has 17 heavy (non-hydrogen) atoms. The second-order valence-electron chi connectivity index (χ2n) is 3.46. The first-order valence-electron chi connectivity index (χ1n) is 5.06. The average molecular weight is 254 g/mol. The molecule has 1 atom stereocenters. The van der Waals surface area contributed by atoms with Gasteiger partial charge in [-0.1, -0.05) is 12.1 Å². The maximum Gasteiger partial charge on any atom is 0.210 e. The van der Waals surface area contributed by atoms with Gasteiger partial charge in [0.15, 0.2) is 0 Å². The van der Waals surface area contributed by atoms with Crippen LogP contribution in [0.5, 0.6) is 5.75 Å². The number of ether oxygens (including phenoxy) is 1. The summed E-state index contributed by atoms with van der Waals surface area (Å²) in [5, 5.41) is 8.95. The zero-order chi connectivity index (χ0) is 12.9. The minimum absolute atomic E-state index is 0.514. The van der Waals surface area contributed by atoms with E-state index in [0.717, 1.165) is 6.26 Å². The van der Waals surface area contributed by atoms with Gasteiger partial charge in [-0.3, -0.25) is 0 Å². The molecule has 0 saturated carbocycles. The SMILES string of the molecule is CCOc1cccc(C(C#N)NS(C)(=O)=O)c1. The maximum absolute atomic E-state index is 11.1. The van der Waals surface area contributed by atoms with E-state index in [-0.39, 0.29) is 0 Å². The van der Waals surface area contributed by atoms with Crippen molar-refractivity contribution in [3.8, 4) is 11.8 Å². The maximum atomic E-state index is 11.1. The minimum Gasteiger partial charge on any atom is -0.494 e. The molecule has 0 amide bonds. The zero-order valence-electron chi connectivity index (χ0n) is 9.67. The molecule has 1 aromatic carbocycles. The van der Waals surface area contributed by atoms with Crippen LogP contribution >= 0.6 is 0 Å². The predicted octanol–water partition coefficient (Wildman–Crippen LogP) is 1.20. The zero-order valence-corrected chi connectivity index (χ0v) is 10.5. The first-order valence-corrected chi connectivity index (χ1v) is 6.95. The van der Waals surface area contributed by atoms with Crippen LogP contribution in [0.2, 0.25) is 0 Å². The van der Waals surface area contributed by atoms with Crippen molar-refractivity contribution >= 4 is 10.0 Å². The molecule has 1 aromatic rings. The van der Waals surface area contributed by atoms with Gasteiger partial charge >= 0.3 is 0 Å². The first-order chi connectivity index (χ1) is 7.96. The van der Waals surface area contributed by atoms with Crippen LogP contribution in [-0.4, -0.2) is 21.3 Å². The van der Waals surface area contributed by atoms with Crippen LogP contribution in [-0.2, 0) is 10.0 Å². The molecule has 0 heterocycles. The molecule has 6 heteroatoms. The van der Waals surface area contributed by atoms with Crippen molar-refractivity contribution in [2.75, 3.05) is 12.9 Å². The van der Waals surface area contributed by atoms with Gasteiger partial charge in [0.25, 0.3) is 0 Å². The Kier molecular flexibility index (Phi) is 4.49. The molecule has 0 aromatic heterocycles. The topological polar surface area (TPSA) is 79.2 Å². The number of hydrogen-bond acceptors (Lipinski definition) is 4. The molecule has 0 fully saturated rings. The van der Waals surface area contributed by atoms with Crippen molar-refractivity contribution in [2.45, 2.75) is 13.0 Å². The third-order valence-corrected chi connectivity index (χ3v) is 2.63. The summed E-state index contributed by atoms with van der Waals surface area (Å²) in [7, 11) is -3.42. The average Bonchev–Trinajstić information content (AvgIpc) is 2.25. The van der Waals surface area contributed by atoms with E-state index in [1.54, 1.807) is 24.3 Å².